The molecule has 6 nitrogen and oxygen atoms in total. The Hall–Kier alpha value is -2.35. The lowest BCUT2D eigenvalue weighted by atomic mass is 10.1. The SMILES string of the molecule is CC.O=C(F)NNC(O)(O)c1ccc(-c2ccccn2)cc1. The summed E-state index contributed by atoms with van der Waals surface area (Å²) in [7, 11) is 0. The zero-order valence-electron chi connectivity index (χ0n) is 12.2. The number of aromatic nitrogens is 1. The zero-order valence-corrected chi connectivity index (χ0v) is 12.2. The van der Waals surface area contributed by atoms with Crippen LogP contribution in [0.15, 0.2) is 48.7 Å². The van der Waals surface area contributed by atoms with Crippen LogP contribution in [-0.4, -0.2) is 21.4 Å². The molecule has 0 aliphatic heterocycles. The lowest BCUT2D eigenvalue weighted by molar-refractivity contribution is -0.201. The molecule has 1 aromatic heterocycles. The van der Waals surface area contributed by atoms with E-state index in [2.05, 4.69) is 4.98 Å². The van der Waals surface area contributed by atoms with Crippen molar-refractivity contribution in [2.75, 3.05) is 0 Å². The standard InChI is InChI=1S/C13H12FN3O3.C2H6/c14-12(18)16-17-13(19,20)10-6-4-9(5-7-10)11-3-1-2-8-15-11;1-2/h1-8,17,19-20H,(H,16,18);1-2H3. The van der Waals surface area contributed by atoms with Gasteiger partial charge in [0.2, 0.25) is 0 Å². The topological polar surface area (TPSA) is 94.5 Å². The number of hydrogen-bond acceptors (Lipinski definition) is 5. The molecule has 7 heteroatoms. The number of pyridine rings is 1. The molecule has 2 rings (SSSR count). The number of rotatable bonds is 4. The maximum absolute atomic E-state index is 12.0. The molecule has 1 aromatic carbocycles. The van der Waals surface area contributed by atoms with Gasteiger partial charge in [0.1, 0.15) is 0 Å². The number of carbonyl (C=O) groups excluding carboxylic acids is 1. The van der Waals surface area contributed by atoms with Gasteiger partial charge >= 0.3 is 6.16 Å². The van der Waals surface area contributed by atoms with E-state index < -0.39 is 12.1 Å². The summed E-state index contributed by atoms with van der Waals surface area (Å²) < 4.78 is 12.0. The minimum absolute atomic E-state index is 0.0333. The Balaban J connectivity index is 0.00000116. The molecule has 0 bridgehead atoms. The van der Waals surface area contributed by atoms with Gasteiger partial charge in [-0.05, 0) is 12.1 Å². The third kappa shape index (κ3) is 4.88. The molecule has 0 fully saturated rings. The zero-order chi connectivity index (χ0) is 16.6. The first kappa shape index (κ1) is 17.7. The van der Waals surface area contributed by atoms with Crippen LogP contribution in [0, 0.1) is 0 Å². The van der Waals surface area contributed by atoms with E-state index in [4.69, 9.17) is 0 Å². The lowest BCUT2D eigenvalue weighted by Crippen LogP contribution is -2.51. The van der Waals surface area contributed by atoms with Crippen LogP contribution in [-0.2, 0) is 5.91 Å². The third-order valence-electron chi connectivity index (χ3n) is 2.58. The summed E-state index contributed by atoms with van der Waals surface area (Å²) in [6.45, 7) is 4.00. The summed E-state index contributed by atoms with van der Waals surface area (Å²) in [6.07, 6.45) is -0.285. The van der Waals surface area contributed by atoms with Gasteiger partial charge in [0, 0.05) is 17.3 Å². The Kier molecular flexibility index (Phi) is 6.58. The van der Waals surface area contributed by atoms with E-state index in [0.717, 1.165) is 11.3 Å². The average molecular weight is 307 g/mol. The molecule has 0 saturated carbocycles. The molecule has 118 valence electrons. The molecular weight excluding hydrogens is 289 g/mol. The number of hydrazine groups is 1. The van der Waals surface area contributed by atoms with E-state index in [9.17, 15) is 19.4 Å². The van der Waals surface area contributed by atoms with Crippen LogP contribution in [0.1, 0.15) is 19.4 Å². The van der Waals surface area contributed by atoms with Crippen molar-refractivity contribution >= 4 is 6.16 Å². The van der Waals surface area contributed by atoms with Gasteiger partial charge in [-0.2, -0.15) is 5.43 Å². The minimum Gasteiger partial charge on any atom is -0.348 e. The first-order chi connectivity index (χ1) is 10.5. The van der Waals surface area contributed by atoms with Crippen molar-refractivity contribution in [1.29, 1.82) is 0 Å². The van der Waals surface area contributed by atoms with Gasteiger partial charge < -0.3 is 10.2 Å². The second-order valence-corrected chi connectivity index (χ2v) is 3.99. The minimum atomic E-state index is -2.58. The highest BCUT2D eigenvalue weighted by atomic mass is 19.1. The summed E-state index contributed by atoms with van der Waals surface area (Å²) in [5.74, 6) is -2.58. The van der Waals surface area contributed by atoms with Gasteiger partial charge in [-0.25, -0.2) is 4.79 Å². The number of nitrogens with zero attached hydrogens (tertiary/aromatic N) is 1. The molecule has 0 aliphatic rings. The Morgan fingerprint density at radius 2 is 1.77 bits per heavy atom. The normalized spacial score (nSPS) is 10.4. The largest absolute Gasteiger partial charge is 0.412 e. The van der Waals surface area contributed by atoms with Crippen molar-refractivity contribution < 1.29 is 19.4 Å². The summed E-state index contributed by atoms with van der Waals surface area (Å²) in [6, 6.07) is 11.5. The van der Waals surface area contributed by atoms with Gasteiger partial charge in [0.25, 0.3) is 5.91 Å². The second-order valence-electron chi connectivity index (χ2n) is 3.99. The maximum Gasteiger partial charge on any atom is 0.412 e. The Bertz CT molecular complexity index is 589. The fourth-order valence-corrected chi connectivity index (χ4v) is 1.62. The number of halogens is 1. The monoisotopic (exact) mass is 307 g/mol. The summed E-state index contributed by atoms with van der Waals surface area (Å²) in [5.41, 5.74) is 4.76. The van der Waals surface area contributed by atoms with Crippen molar-refractivity contribution in [3.8, 4) is 11.3 Å². The molecule has 0 spiro atoms. The summed E-state index contributed by atoms with van der Waals surface area (Å²) in [5, 5.41) is 19.3. The van der Waals surface area contributed by atoms with Crippen molar-refractivity contribution in [2.45, 2.75) is 19.8 Å². The fraction of sp³-hybridized carbons (Fsp3) is 0.200. The first-order valence-electron chi connectivity index (χ1n) is 6.68. The van der Waals surface area contributed by atoms with Crippen LogP contribution in [0.5, 0.6) is 0 Å². The molecule has 0 saturated heterocycles. The van der Waals surface area contributed by atoms with Crippen molar-refractivity contribution in [3.05, 3.63) is 54.2 Å². The van der Waals surface area contributed by atoms with Gasteiger partial charge in [0.05, 0.1) is 5.69 Å². The molecule has 1 amide bonds. The maximum atomic E-state index is 12.0. The van der Waals surface area contributed by atoms with E-state index in [-0.39, 0.29) is 5.56 Å². The fourth-order valence-electron chi connectivity index (χ4n) is 1.62. The first-order valence-corrected chi connectivity index (χ1v) is 6.68. The van der Waals surface area contributed by atoms with E-state index >= 15 is 0 Å². The van der Waals surface area contributed by atoms with E-state index in [0.29, 0.717) is 0 Å². The third-order valence-corrected chi connectivity index (χ3v) is 2.58. The number of hydrogen-bond donors (Lipinski definition) is 4. The molecule has 0 aliphatic carbocycles. The second kappa shape index (κ2) is 8.18. The highest BCUT2D eigenvalue weighted by Gasteiger charge is 2.26. The highest BCUT2D eigenvalue weighted by molar-refractivity contribution is 5.64. The number of amides is 1. The molecule has 4 N–H and O–H groups in total. The summed E-state index contributed by atoms with van der Waals surface area (Å²) in [4.78, 5) is 14.2. The number of carbonyl (C=O) groups is 1. The molecule has 22 heavy (non-hydrogen) atoms. The summed E-state index contributed by atoms with van der Waals surface area (Å²) >= 11 is 0. The number of benzene rings is 1. The van der Waals surface area contributed by atoms with E-state index in [1.165, 1.54) is 17.6 Å². The Morgan fingerprint density at radius 1 is 1.14 bits per heavy atom. The van der Waals surface area contributed by atoms with Crippen LogP contribution in [0.2, 0.25) is 0 Å². The smallest absolute Gasteiger partial charge is 0.348 e. The van der Waals surface area contributed by atoms with Crippen molar-refractivity contribution in [1.82, 2.24) is 15.8 Å². The average Bonchev–Trinajstić information content (AvgIpc) is 2.56. The van der Waals surface area contributed by atoms with Crippen LogP contribution in [0.3, 0.4) is 0 Å². The van der Waals surface area contributed by atoms with Crippen molar-refractivity contribution in [2.24, 2.45) is 0 Å². The highest BCUT2D eigenvalue weighted by Crippen LogP contribution is 2.20. The van der Waals surface area contributed by atoms with Gasteiger partial charge in [0.15, 0.2) is 0 Å². The number of nitrogens with one attached hydrogen (secondary N) is 2. The van der Waals surface area contributed by atoms with Crippen LogP contribution in [0.25, 0.3) is 11.3 Å². The molecule has 0 radical (unpaired) electrons. The van der Waals surface area contributed by atoms with Crippen LogP contribution in [0.4, 0.5) is 9.18 Å². The molecule has 2 aromatic rings. The molecule has 0 atom stereocenters. The number of aliphatic hydroxyl groups is 2. The Labute approximate surface area is 127 Å². The quantitative estimate of drug-likeness (QED) is 0.300. The van der Waals surface area contributed by atoms with Gasteiger partial charge in [-0.3, -0.25) is 10.4 Å². The van der Waals surface area contributed by atoms with Crippen LogP contribution < -0.4 is 10.9 Å². The van der Waals surface area contributed by atoms with E-state index in [1.807, 2.05) is 26.0 Å². The van der Waals surface area contributed by atoms with Crippen LogP contribution >= 0.6 is 0 Å². The van der Waals surface area contributed by atoms with Gasteiger partial charge in [-0.1, -0.05) is 44.2 Å². The van der Waals surface area contributed by atoms with E-state index in [1.54, 1.807) is 29.8 Å². The molecule has 1 heterocycles. The Morgan fingerprint density at radius 3 is 2.27 bits per heavy atom. The van der Waals surface area contributed by atoms with Gasteiger partial charge in [-0.15, -0.1) is 4.39 Å². The predicted octanol–water partition coefficient (Wildman–Crippen LogP) is 2.05. The predicted molar refractivity (Wildman–Crippen MR) is 79.9 cm³/mol. The molecular formula is C15H18FN3O3. The lowest BCUT2D eigenvalue weighted by Gasteiger charge is -2.22. The molecule has 0 unspecified atom stereocenters. The van der Waals surface area contributed by atoms with Crippen molar-refractivity contribution in [3.63, 3.8) is 0 Å².